The molecule has 0 bridgehead atoms. The van der Waals surface area contributed by atoms with Gasteiger partial charge in [0.05, 0.1) is 10.9 Å². The molecule has 0 fully saturated rings. The van der Waals surface area contributed by atoms with Gasteiger partial charge in [-0.2, -0.15) is 0 Å². The minimum absolute atomic E-state index is 0.412. The molecule has 4 nitrogen and oxygen atoms in total. The van der Waals surface area contributed by atoms with Crippen molar-refractivity contribution in [2.24, 2.45) is 5.73 Å². The van der Waals surface area contributed by atoms with E-state index < -0.39 is 11.9 Å². The first-order valence-electron chi connectivity index (χ1n) is 5.55. The van der Waals surface area contributed by atoms with Crippen LogP contribution in [0.2, 0.25) is 0 Å². The fourth-order valence-electron chi connectivity index (χ4n) is 1.62. The monoisotopic (exact) mass is 340 g/mol. The summed E-state index contributed by atoms with van der Waals surface area (Å²) in [5, 5.41) is 3.12. The first-order valence-corrected chi connectivity index (χ1v) is 7.16. The Balaban J connectivity index is 2.18. The molecule has 1 atom stereocenters. The Hall–Kier alpha value is -1.53. The third-order valence-electron chi connectivity index (χ3n) is 2.56. The highest BCUT2D eigenvalue weighted by Crippen LogP contribution is 2.29. The third-order valence-corrected chi connectivity index (χ3v) is 4.25. The molecule has 1 aromatic carbocycles. The van der Waals surface area contributed by atoms with Gasteiger partial charge in [0, 0.05) is 10.6 Å². The van der Waals surface area contributed by atoms with Crippen LogP contribution >= 0.6 is 27.3 Å². The van der Waals surface area contributed by atoms with Gasteiger partial charge in [0.1, 0.15) is 11.8 Å². The average Bonchev–Trinajstić information content (AvgIpc) is 2.82. The van der Waals surface area contributed by atoms with Crippen LogP contribution in [0.5, 0.6) is 5.75 Å². The number of amides is 1. The lowest BCUT2D eigenvalue weighted by Crippen LogP contribution is -2.26. The molecule has 0 saturated heterocycles. The zero-order valence-electron chi connectivity index (χ0n) is 10.2. The van der Waals surface area contributed by atoms with E-state index in [9.17, 15) is 4.79 Å². The topological polar surface area (TPSA) is 64.3 Å². The van der Waals surface area contributed by atoms with Gasteiger partial charge >= 0.3 is 0 Å². The largest absolute Gasteiger partial charge is 0.497 e. The van der Waals surface area contributed by atoms with Crippen molar-refractivity contribution in [2.75, 3.05) is 12.4 Å². The van der Waals surface area contributed by atoms with Gasteiger partial charge in [-0.1, -0.05) is 0 Å². The van der Waals surface area contributed by atoms with Gasteiger partial charge in [0.15, 0.2) is 0 Å². The van der Waals surface area contributed by atoms with Gasteiger partial charge in [-0.25, -0.2) is 0 Å². The number of methoxy groups -OCH3 is 1. The molecule has 19 heavy (non-hydrogen) atoms. The maximum absolute atomic E-state index is 11.6. The molecular formula is C13H13BrN2O2S. The first kappa shape index (κ1) is 13.9. The van der Waals surface area contributed by atoms with Crippen LogP contribution in [0, 0.1) is 0 Å². The fourth-order valence-corrected chi connectivity index (χ4v) is 3.10. The smallest absolute Gasteiger partial charge is 0.245 e. The maximum Gasteiger partial charge on any atom is 0.245 e. The van der Waals surface area contributed by atoms with Gasteiger partial charge in [0.2, 0.25) is 5.91 Å². The van der Waals surface area contributed by atoms with Gasteiger partial charge in [-0.3, -0.25) is 4.79 Å². The number of benzene rings is 1. The minimum Gasteiger partial charge on any atom is -0.497 e. The van der Waals surface area contributed by atoms with E-state index in [-0.39, 0.29) is 0 Å². The number of ether oxygens (including phenoxy) is 1. The molecule has 6 heteroatoms. The summed E-state index contributed by atoms with van der Waals surface area (Å²) in [5.41, 5.74) is 6.26. The number of primary amides is 1. The van der Waals surface area contributed by atoms with E-state index in [0.29, 0.717) is 0 Å². The quantitative estimate of drug-likeness (QED) is 0.878. The molecule has 0 aliphatic rings. The third kappa shape index (κ3) is 3.48. The molecule has 1 unspecified atom stereocenters. The summed E-state index contributed by atoms with van der Waals surface area (Å²) in [4.78, 5) is 12.4. The second-order valence-corrected chi connectivity index (χ2v) is 6.34. The molecule has 1 heterocycles. The van der Waals surface area contributed by atoms with E-state index in [2.05, 4.69) is 21.2 Å². The van der Waals surface area contributed by atoms with Gasteiger partial charge in [-0.05, 0) is 52.3 Å². The Morgan fingerprint density at radius 1 is 1.32 bits per heavy atom. The number of hydrogen-bond acceptors (Lipinski definition) is 4. The lowest BCUT2D eigenvalue weighted by atomic mass is 10.2. The van der Waals surface area contributed by atoms with Crippen LogP contribution in [-0.4, -0.2) is 13.0 Å². The van der Waals surface area contributed by atoms with Crippen molar-refractivity contribution in [1.29, 1.82) is 0 Å². The summed E-state index contributed by atoms with van der Waals surface area (Å²) in [7, 11) is 1.61. The average molecular weight is 341 g/mol. The first-order chi connectivity index (χ1) is 9.10. The van der Waals surface area contributed by atoms with E-state index in [1.807, 2.05) is 36.4 Å². The molecule has 100 valence electrons. The molecule has 2 rings (SSSR count). The van der Waals surface area contributed by atoms with Crippen molar-refractivity contribution in [1.82, 2.24) is 0 Å². The number of rotatable bonds is 5. The molecule has 0 spiro atoms. The van der Waals surface area contributed by atoms with Gasteiger partial charge in [-0.15, -0.1) is 11.3 Å². The number of nitrogens with two attached hydrogens (primary N) is 1. The van der Waals surface area contributed by atoms with Crippen molar-refractivity contribution in [3.8, 4) is 5.75 Å². The zero-order chi connectivity index (χ0) is 13.8. The maximum atomic E-state index is 11.6. The highest BCUT2D eigenvalue weighted by molar-refractivity contribution is 9.11. The van der Waals surface area contributed by atoms with Crippen LogP contribution in [0.15, 0.2) is 40.2 Å². The van der Waals surface area contributed by atoms with Crippen LogP contribution < -0.4 is 15.8 Å². The van der Waals surface area contributed by atoms with Gasteiger partial charge < -0.3 is 15.8 Å². The lowest BCUT2D eigenvalue weighted by molar-refractivity contribution is -0.118. The number of hydrogen-bond donors (Lipinski definition) is 2. The van der Waals surface area contributed by atoms with Crippen LogP contribution in [0.1, 0.15) is 10.9 Å². The summed E-state index contributed by atoms with van der Waals surface area (Å²) in [5.74, 6) is 0.352. The highest BCUT2D eigenvalue weighted by atomic mass is 79.9. The molecule has 3 N–H and O–H groups in total. The van der Waals surface area contributed by atoms with Crippen molar-refractivity contribution in [3.63, 3.8) is 0 Å². The summed E-state index contributed by atoms with van der Waals surface area (Å²) >= 11 is 4.86. The van der Waals surface area contributed by atoms with Crippen LogP contribution in [0.3, 0.4) is 0 Å². The Labute approximate surface area is 123 Å². The summed E-state index contributed by atoms with van der Waals surface area (Å²) in [6, 6.07) is 10.6. The van der Waals surface area contributed by atoms with E-state index >= 15 is 0 Å². The Kier molecular flexibility index (Phi) is 4.44. The number of anilines is 1. The van der Waals surface area contributed by atoms with Crippen molar-refractivity contribution >= 4 is 38.9 Å². The van der Waals surface area contributed by atoms with E-state index in [4.69, 9.17) is 10.5 Å². The summed E-state index contributed by atoms with van der Waals surface area (Å²) in [6.45, 7) is 0. The second-order valence-electron chi connectivity index (χ2n) is 3.85. The van der Waals surface area contributed by atoms with Crippen molar-refractivity contribution in [2.45, 2.75) is 6.04 Å². The summed E-state index contributed by atoms with van der Waals surface area (Å²) < 4.78 is 6.05. The number of carbonyl (C=O) groups is 1. The predicted molar refractivity (Wildman–Crippen MR) is 80.6 cm³/mol. The lowest BCUT2D eigenvalue weighted by Gasteiger charge is -2.15. The standard InChI is InChI=1S/C13H13BrN2O2S/c1-18-9-4-2-8(3-5-9)16-12(13(15)17)10-6-7-11(14)19-10/h2-7,12,16H,1H3,(H2,15,17). The van der Waals surface area contributed by atoms with Crippen molar-refractivity contribution < 1.29 is 9.53 Å². The normalized spacial score (nSPS) is 11.9. The van der Waals surface area contributed by atoms with E-state index in [1.165, 1.54) is 11.3 Å². The predicted octanol–water partition coefficient (Wildman–Crippen LogP) is 3.16. The molecule has 1 aromatic heterocycles. The zero-order valence-corrected chi connectivity index (χ0v) is 12.6. The fraction of sp³-hybridized carbons (Fsp3) is 0.154. The number of carbonyl (C=O) groups excluding carboxylic acids is 1. The molecule has 1 amide bonds. The summed E-state index contributed by atoms with van der Waals surface area (Å²) in [6.07, 6.45) is 0. The van der Waals surface area contributed by atoms with Crippen LogP contribution in [0.4, 0.5) is 5.69 Å². The second kappa shape index (κ2) is 6.08. The Bertz CT molecular complexity index is 568. The molecule has 0 aliphatic heterocycles. The van der Waals surface area contributed by atoms with Crippen molar-refractivity contribution in [3.05, 3.63) is 45.1 Å². The number of nitrogens with one attached hydrogen (secondary N) is 1. The molecule has 0 saturated carbocycles. The van der Waals surface area contributed by atoms with Gasteiger partial charge in [0.25, 0.3) is 0 Å². The van der Waals surface area contributed by atoms with Crippen LogP contribution in [0.25, 0.3) is 0 Å². The van der Waals surface area contributed by atoms with E-state index in [0.717, 1.165) is 20.1 Å². The SMILES string of the molecule is COc1ccc(NC(C(N)=O)c2ccc(Br)s2)cc1. The Morgan fingerprint density at radius 2 is 2.00 bits per heavy atom. The Morgan fingerprint density at radius 3 is 2.47 bits per heavy atom. The minimum atomic E-state index is -0.537. The molecular weight excluding hydrogens is 328 g/mol. The molecule has 2 aromatic rings. The number of thiophene rings is 1. The molecule has 0 radical (unpaired) electrons. The molecule has 0 aliphatic carbocycles. The highest BCUT2D eigenvalue weighted by Gasteiger charge is 2.19. The van der Waals surface area contributed by atoms with E-state index in [1.54, 1.807) is 7.11 Å². The number of halogens is 1. The van der Waals surface area contributed by atoms with Crippen LogP contribution in [-0.2, 0) is 4.79 Å².